The third kappa shape index (κ3) is 5.05. The molecule has 0 saturated heterocycles. The molecular formula is C15H18ClNO3. The van der Waals surface area contributed by atoms with Gasteiger partial charge < -0.3 is 10.1 Å². The van der Waals surface area contributed by atoms with E-state index >= 15 is 0 Å². The fourth-order valence-electron chi connectivity index (χ4n) is 1.61. The van der Waals surface area contributed by atoms with Gasteiger partial charge in [0.1, 0.15) is 6.04 Å². The first-order chi connectivity index (χ1) is 9.43. The monoisotopic (exact) mass is 295 g/mol. The largest absolute Gasteiger partial charge is 0.467 e. The molecular weight excluding hydrogens is 278 g/mol. The van der Waals surface area contributed by atoms with Gasteiger partial charge in [0.15, 0.2) is 0 Å². The van der Waals surface area contributed by atoms with Gasteiger partial charge in [0.25, 0.3) is 0 Å². The molecule has 0 aliphatic rings. The van der Waals surface area contributed by atoms with Gasteiger partial charge in [0.2, 0.25) is 5.91 Å². The minimum absolute atomic E-state index is 0.0500. The van der Waals surface area contributed by atoms with E-state index in [1.807, 2.05) is 19.9 Å². The van der Waals surface area contributed by atoms with Crippen molar-refractivity contribution in [2.24, 2.45) is 5.92 Å². The fourth-order valence-corrected chi connectivity index (χ4v) is 1.81. The molecule has 0 bridgehead atoms. The second-order valence-corrected chi connectivity index (χ2v) is 5.08. The number of ether oxygens (including phenoxy) is 1. The summed E-state index contributed by atoms with van der Waals surface area (Å²) < 4.78 is 4.66. The molecule has 1 rings (SSSR count). The smallest absolute Gasteiger partial charge is 0.328 e. The van der Waals surface area contributed by atoms with Crippen LogP contribution in [0, 0.1) is 5.92 Å². The van der Waals surface area contributed by atoms with Crippen molar-refractivity contribution in [1.82, 2.24) is 5.32 Å². The van der Waals surface area contributed by atoms with Crippen LogP contribution in [0.15, 0.2) is 30.3 Å². The Labute approximate surface area is 123 Å². The number of hydrogen-bond acceptors (Lipinski definition) is 3. The number of nitrogens with one attached hydrogen (secondary N) is 1. The number of methoxy groups -OCH3 is 1. The zero-order chi connectivity index (χ0) is 15.1. The summed E-state index contributed by atoms with van der Waals surface area (Å²) >= 11 is 5.85. The van der Waals surface area contributed by atoms with Crippen molar-refractivity contribution in [1.29, 1.82) is 0 Å². The quantitative estimate of drug-likeness (QED) is 0.671. The number of amides is 1. The molecule has 0 spiro atoms. The molecule has 108 valence electrons. The second kappa shape index (κ2) is 7.70. The molecule has 0 fully saturated rings. The normalized spacial score (nSPS) is 12.4. The van der Waals surface area contributed by atoms with Crippen LogP contribution in [0.25, 0.3) is 6.08 Å². The lowest BCUT2D eigenvalue weighted by molar-refractivity contribution is -0.145. The molecule has 0 radical (unpaired) electrons. The van der Waals surface area contributed by atoms with Gasteiger partial charge in [-0.15, -0.1) is 0 Å². The highest BCUT2D eigenvalue weighted by Crippen LogP contribution is 2.11. The number of halogens is 1. The summed E-state index contributed by atoms with van der Waals surface area (Å²) in [6.45, 7) is 3.67. The summed E-state index contributed by atoms with van der Waals surface area (Å²) in [6, 6.07) is 6.47. The zero-order valence-corrected chi connectivity index (χ0v) is 12.5. The molecule has 1 atom stereocenters. The molecule has 0 saturated carbocycles. The Balaban J connectivity index is 2.68. The van der Waals surface area contributed by atoms with Gasteiger partial charge in [-0.3, -0.25) is 4.79 Å². The molecule has 1 aromatic rings. The maximum Gasteiger partial charge on any atom is 0.328 e. The third-order valence-electron chi connectivity index (χ3n) is 2.70. The number of rotatable bonds is 5. The average molecular weight is 296 g/mol. The first-order valence-corrected chi connectivity index (χ1v) is 6.64. The zero-order valence-electron chi connectivity index (χ0n) is 11.7. The lowest BCUT2D eigenvalue weighted by Crippen LogP contribution is -2.44. The van der Waals surface area contributed by atoms with Crippen LogP contribution >= 0.6 is 11.6 Å². The molecule has 1 aromatic carbocycles. The number of carbonyl (C=O) groups excluding carboxylic acids is 2. The molecule has 0 aliphatic carbocycles. The SMILES string of the molecule is COC(=O)[C@@H](NC(=O)/C=C/c1cccc(Cl)c1)C(C)C. The number of benzene rings is 1. The molecule has 5 heteroatoms. The Hall–Kier alpha value is -1.81. The first kappa shape index (κ1) is 16.2. The minimum atomic E-state index is -0.656. The number of hydrogen-bond donors (Lipinski definition) is 1. The van der Waals surface area contributed by atoms with Crippen molar-refractivity contribution >= 4 is 29.6 Å². The van der Waals surface area contributed by atoms with Gasteiger partial charge in [-0.25, -0.2) is 4.79 Å². The predicted molar refractivity (Wildman–Crippen MR) is 79.3 cm³/mol. The van der Waals surface area contributed by atoms with Crippen LogP contribution in [0.5, 0.6) is 0 Å². The van der Waals surface area contributed by atoms with E-state index in [2.05, 4.69) is 10.1 Å². The Morgan fingerprint density at radius 3 is 2.60 bits per heavy atom. The highest BCUT2D eigenvalue weighted by atomic mass is 35.5. The van der Waals surface area contributed by atoms with Crippen molar-refractivity contribution in [3.05, 3.63) is 40.9 Å². The number of carbonyl (C=O) groups is 2. The summed E-state index contributed by atoms with van der Waals surface area (Å²) in [5.74, 6) is -0.857. The summed E-state index contributed by atoms with van der Waals surface area (Å²) in [4.78, 5) is 23.3. The fraction of sp³-hybridized carbons (Fsp3) is 0.333. The van der Waals surface area contributed by atoms with E-state index in [9.17, 15) is 9.59 Å². The Bertz CT molecular complexity index is 512. The highest BCUT2D eigenvalue weighted by molar-refractivity contribution is 6.30. The Morgan fingerprint density at radius 1 is 1.35 bits per heavy atom. The van der Waals surface area contributed by atoms with Crippen LogP contribution in [0.1, 0.15) is 19.4 Å². The van der Waals surface area contributed by atoms with E-state index in [0.717, 1.165) is 5.56 Å². The van der Waals surface area contributed by atoms with Gasteiger partial charge in [-0.05, 0) is 29.7 Å². The van der Waals surface area contributed by atoms with E-state index in [1.165, 1.54) is 13.2 Å². The predicted octanol–water partition coefficient (Wildman–Crippen LogP) is 2.67. The van der Waals surface area contributed by atoms with E-state index < -0.39 is 12.0 Å². The Morgan fingerprint density at radius 2 is 2.05 bits per heavy atom. The lowest BCUT2D eigenvalue weighted by Gasteiger charge is -2.18. The maximum absolute atomic E-state index is 11.8. The van der Waals surface area contributed by atoms with Crippen molar-refractivity contribution in [2.45, 2.75) is 19.9 Å². The maximum atomic E-state index is 11.8. The molecule has 0 unspecified atom stereocenters. The van der Waals surface area contributed by atoms with Gasteiger partial charge >= 0.3 is 5.97 Å². The van der Waals surface area contributed by atoms with Crippen molar-refractivity contribution in [2.75, 3.05) is 7.11 Å². The minimum Gasteiger partial charge on any atom is -0.467 e. The Kier molecular flexibility index (Phi) is 6.25. The molecule has 0 aliphatic heterocycles. The highest BCUT2D eigenvalue weighted by Gasteiger charge is 2.23. The van der Waals surface area contributed by atoms with Crippen molar-refractivity contribution in [3.63, 3.8) is 0 Å². The summed E-state index contributed by atoms with van der Waals surface area (Å²) in [5.41, 5.74) is 0.812. The first-order valence-electron chi connectivity index (χ1n) is 6.26. The van der Waals surface area contributed by atoms with Crippen LogP contribution < -0.4 is 5.32 Å². The van der Waals surface area contributed by atoms with Gasteiger partial charge in [-0.1, -0.05) is 37.6 Å². The van der Waals surface area contributed by atoms with Crippen molar-refractivity contribution in [3.8, 4) is 0 Å². The lowest BCUT2D eigenvalue weighted by atomic mass is 10.0. The molecule has 0 aromatic heterocycles. The van der Waals surface area contributed by atoms with E-state index in [4.69, 9.17) is 11.6 Å². The van der Waals surface area contributed by atoms with E-state index in [1.54, 1.807) is 24.3 Å². The van der Waals surface area contributed by atoms with Crippen molar-refractivity contribution < 1.29 is 14.3 Å². The summed E-state index contributed by atoms with van der Waals surface area (Å²) in [6.07, 6.45) is 3.00. The number of esters is 1. The van der Waals surface area contributed by atoms with E-state index in [0.29, 0.717) is 5.02 Å². The van der Waals surface area contributed by atoms with Crippen LogP contribution in [0.4, 0.5) is 0 Å². The van der Waals surface area contributed by atoms with Crippen LogP contribution in [0.3, 0.4) is 0 Å². The van der Waals surface area contributed by atoms with Crippen LogP contribution in [-0.4, -0.2) is 25.0 Å². The molecule has 1 N–H and O–H groups in total. The second-order valence-electron chi connectivity index (χ2n) is 4.64. The summed E-state index contributed by atoms with van der Waals surface area (Å²) in [7, 11) is 1.30. The molecule has 1 amide bonds. The molecule has 20 heavy (non-hydrogen) atoms. The molecule has 4 nitrogen and oxygen atoms in total. The van der Waals surface area contributed by atoms with Crippen LogP contribution in [0.2, 0.25) is 5.02 Å². The topological polar surface area (TPSA) is 55.4 Å². The van der Waals surface area contributed by atoms with E-state index in [-0.39, 0.29) is 11.8 Å². The van der Waals surface area contributed by atoms with Gasteiger partial charge in [-0.2, -0.15) is 0 Å². The van der Waals surface area contributed by atoms with Crippen LogP contribution in [-0.2, 0) is 14.3 Å². The average Bonchev–Trinajstić information content (AvgIpc) is 2.41. The van der Waals surface area contributed by atoms with Gasteiger partial charge in [0.05, 0.1) is 7.11 Å². The summed E-state index contributed by atoms with van der Waals surface area (Å²) in [5, 5.41) is 3.22. The third-order valence-corrected chi connectivity index (χ3v) is 2.93. The standard InChI is InChI=1S/C15H18ClNO3/c1-10(2)14(15(19)20-3)17-13(18)8-7-11-5-4-6-12(16)9-11/h4-10,14H,1-3H3,(H,17,18)/b8-7+/t14-/m0/s1. The molecule has 0 heterocycles. The van der Waals surface area contributed by atoms with Gasteiger partial charge in [0, 0.05) is 11.1 Å².